The number of nitrogens with one attached hydrogen (secondary N) is 2. The van der Waals surface area contributed by atoms with Crippen LogP contribution in [0.15, 0.2) is 42.7 Å². The third-order valence-corrected chi connectivity index (χ3v) is 5.62. The summed E-state index contributed by atoms with van der Waals surface area (Å²) in [5, 5.41) is 26.1. The Balaban J connectivity index is 1.66. The number of pyridine rings is 1. The smallest absolute Gasteiger partial charge is 0.237 e. The first-order valence-electron chi connectivity index (χ1n) is 10.7. The van der Waals surface area contributed by atoms with E-state index in [1.807, 2.05) is 31.2 Å². The molecule has 1 aliphatic rings. The van der Waals surface area contributed by atoms with Gasteiger partial charge >= 0.3 is 0 Å². The lowest BCUT2D eigenvalue weighted by atomic mass is 9.83. The number of aliphatic hydroxyl groups excluding tert-OH is 1. The molecule has 1 atom stereocenters. The Morgan fingerprint density at radius 3 is 2.94 bits per heavy atom. The number of aliphatic hydroxyl groups is 1. The molecule has 0 radical (unpaired) electrons. The fraction of sp³-hybridized carbons (Fsp3) is 0.333. The first-order valence-corrected chi connectivity index (χ1v) is 10.7. The van der Waals surface area contributed by atoms with Crippen molar-refractivity contribution in [3.63, 3.8) is 0 Å². The molecule has 1 aromatic carbocycles. The van der Waals surface area contributed by atoms with E-state index in [4.69, 9.17) is 4.74 Å². The highest BCUT2D eigenvalue weighted by Crippen LogP contribution is 2.41. The van der Waals surface area contributed by atoms with Crippen molar-refractivity contribution < 1.29 is 9.84 Å². The minimum absolute atomic E-state index is 0.0142. The molecule has 3 heterocycles. The van der Waals surface area contributed by atoms with Crippen molar-refractivity contribution >= 4 is 17.3 Å². The number of rotatable bonds is 8. The van der Waals surface area contributed by atoms with Crippen LogP contribution in [0.4, 0.5) is 17.3 Å². The molecule has 3 N–H and O–H groups in total. The van der Waals surface area contributed by atoms with Gasteiger partial charge in [-0.25, -0.2) is 15.0 Å². The average molecular weight is 431 g/mol. The predicted molar refractivity (Wildman–Crippen MR) is 123 cm³/mol. The van der Waals surface area contributed by atoms with Gasteiger partial charge in [0.15, 0.2) is 0 Å². The zero-order chi connectivity index (χ0) is 22.6. The second-order valence-electron chi connectivity index (χ2n) is 8.08. The third-order valence-electron chi connectivity index (χ3n) is 5.62. The van der Waals surface area contributed by atoms with Gasteiger partial charge in [0.2, 0.25) is 11.8 Å². The van der Waals surface area contributed by atoms with E-state index in [1.165, 1.54) is 0 Å². The van der Waals surface area contributed by atoms with Crippen LogP contribution < -0.4 is 15.4 Å². The lowest BCUT2D eigenvalue weighted by Gasteiger charge is -2.21. The second-order valence-corrected chi connectivity index (χ2v) is 8.08. The Hall–Kier alpha value is -3.70. The summed E-state index contributed by atoms with van der Waals surface area (Å²) in [4.78, 5) is 13.3. The fourth-order valence-corrected chi connectivity index (χ4v) is 3.68. The van der Waals surface area contributed by atoms with Crippen molar-refractivity contribution in [3.05, 3.63) is 53.9 Å². The largest absolute Gasteiger partial charge is 0.476 e. The summed E-state index contributed by atoms with van der Waals surface area (Å²) in [6, 6.07) is 11.5. The topological polar surface area (TPSA) is 116 Å². The number of hydrogen-bond donors (Lipinski definition) is 3. The van der Waals surface area contributed by atoms with Crippen molar-refractivity contribution in [1.82, 2.24) is 15.0 Å². The van der Waals surface area contributed by atoms with Crippen LogP contribution in [-0.4, -0.2) is 39.8 Å². The van der Waals surface area contributed by atoms with Gasteiger partial charge in [-0.1, -0.05) is 20.3 Å². The van der Waals surface area contributed by atoms with E-state index in [1.54, 1.807) is 18.5 Å². The molecule has 0 aliphatic carbocycles. The Morgan fingerprint density at radius 2 is 2.16 bits per heavy atom. The van der Waals surface area contributed by atoms with E-state index in [2.05, 4.69) is 38.6 Å². The number of unbranched alkanes of at least 4 members (excludes halogenated alkanes) is 1. The van der Waals surface area contributed by atoms with Gasteiger partial charge in [-0.2, -0.15) is 5.26 Å². The van der Waals surface area contributed by atoms with Gasteiger partial charge in [0.05, 0.1) is 30.2 Å². The van der Waals surface area contributed by atoms with Crippen LogP contribution in [0.2, 0.25) is 0 Å². The fourth-order valence-electron chi connectivity index (χ4n) is 3.68. The van der Waals surface area contributed by atoms with Gasteiger partial charge in [0.1, 0.15) is 11.8 Å². The van der Waals surface area contributed by atoms with Gasteiger partial charge in [0.25, 0.3) is 0 Å². The number of hydrogen-bond acceptors (Lipinski definition) is 8. The van der Waals surface area contributed by atoms with Crippen molar-refractivity contribution in [1.29, 1.82) is 5.26 Å². The van der Waals surface area contributed by atoms with Crippen LogP contribution in [0.3, 0.4) is 0 Å². The number of aromatic nitrogens is 3. The van der Waals surface area contributed by atoms with Crippen LogP contribution in [-0.2, 0) is 5.41 Å². The highest BCUT2D eigenvalue weighted by molar-refractivity contribution is 5.76. The molecule has 0 fully saturated rings. The molecule has 8 nitrogen and oxygen atoms in total. The molecule has 1 aliphatic heterocycles. The molecule has 164 valence electrons. The summed E-state index contributed by atoms with van der Waals surface area (Å²) in [5.41, 5.74) is 3.92. The molecular weight excluding hydrogens is 404 g/mol. The lowest BCUT2D eigenvalue weighted by molar-refractivity contribution is 0.219. The van der Waals surface area contributed by atoms with Gasteiger partial charge in [-0.05, 0) is 42.3 Å². The first kappa shape index (κ1) is 21.5. The van der Waals surface area contributed by atoms with E-state index in [0.29, 0.717) is 41.9 Å². The van der Waals surface area contributed by atoms with E-state index in [9.17, 15) is 10.4 Å². The Kier molecular flexibility index (Phi) is 6.19. The highest BCUT2D eigenvalue weighted by atomic mass is 16.5. The molecule has 0 bridgehead atoms. The van der Waals surface area contributed by atoms with Crippen molar-refractivity contribution in [3.8, 4) is 23.2 Å². The molecule has 8 heteroatoms. The van der Waals surface area contributed by atoms with Crippen molar-refractivity contribution in [2.45, 2.75) is 32.1 Å². The van der Waals surface area contributed by atoms with E-state index < -0.39 is 5.41 Å². The quantitative estimate of drug-likeness (QED) is 0.459. The van der Waals surface area contributed by atoms with E-state index in [-0.39, 0.29) is 6.61 Å². The Morgan fingerprint density at radius 1 is 1.28 bits per heavy atom. The number of benzene rings is 1. The van der Waals surface area contributed by atoms with Crippen LogP contribution in [0.25, 0.3) is 11.3 Å². The van der Waals surface area contributed by atoms with Gasteiger partial charge in [0, 0.05) is 29.9 Å². The standard InChI is InChI=1S/C24H26N6O2/c1-3-4-10-32-22-20(6-5-8-26-22)30-23-27-9-7-19(29-23)16-11-17(13-25)21-18(12-16)24(2,15-31)14-28-21/h5-9,11-12,28,31H,3-4,10,14-15H2,1-2H3,(H,27,29,30)/t24-/m1/s1. The van der Waals surface area contributed by atoms with Gasteiger partial charge < -0.3 is 20.5 Å². The molecule has 0 saturated heterocycles. The van der Waals surface area contributed by atoms with E-state index >= 15 is 0 Å². The van der Waals surface area contributed by atoms with Crippen molar-refractivity contribution in [2.75, 3.05) is 30.4 Å². The van der Waals surface area contributed by atoms with Crippen LogP contribution in [0.1, 0.15) is 37.8 Å². The zero-order valence-electron chi connectivity index (χ0n) is 18.2. The monoisotopic (exact) mass is 430 g/mol. The maximum Gasteiger partial charge on any atom is 0.237 e. The molecule has 4 rings (SSSR count). The molecular formula is C24H26N6O2. The first-order chi connectivity index (χ1) is 15.6. The summed E-state index contributed by atoms with van der Waals surface area (Å²) < 4.78 is 5.78. The number of ether oxygens (including phenoxy) is 1. The third kappa shape index (κ3) is 4.20. The van der Waals surface area contributed by atoms with Crippen LogP contribution in [0.5, 0.6) is 5.88 Å². The minimum atomic E-state index is -0.453. The average Bonchev–Trinajstić information content (AvgIpc) is 3.17. The number of nitrogens with zero attached hydrogens (tertiary/aromatic N) is 4. The maximum atomic E-state index is 9.93. The zero-order valence-corrected chi connectivity index (χ0v) is 18.2. The molecule has 2 aromatic heterocycles. The number of anilines is 3. The summed E-state index contributed by atoms with van der Waals surface area (Å²) in [6.07, 6.45) is 5.34. The number of fused-ring (bicyclic) bond motifs is 1. The molecule has 0 unspecified atom stereocenters. The highest BCUT2D eigenvalue weighted by Gasteiger charge is 2.35. The summed E-state index contributed by atoms with van der Waals surface area (Å²) in [5.74, 6) is 0.905. The summed E-state index contributed by atoms with van der Waals surface area (Å²) in [6.45, 7) is 5.24. The van der Waals surface area contributed by atoms with Crippen molar-refractivity contribution in [2.24, 2.45) is 0 Å². The SMILES string of the molecule is CCCCOc1ncccc1Nc1nccc(-c2cc(C#N)c3c(c2)[C@@](C)(CO)CN3)n1. The van der Waals surface area contributed by atoms with Crippen LogP contribution >= 0.6 is 0 Å². The molecule has 0 saturated carbocycles. The van der Waals surface area contributed by atoms with Gasteiger partial charge in [-0.3, -0.25) is 0 Å². The van der Waals surface area contributed by atoms with E-state index in [0.717, 1.165) is 29.7 Å². The minimum Gasteiger partial charge on any atom is -0.476 e. The lowest BCUT2D eigenvalue weighted by Crippen LogP contribution is -2.28. The maximum absolute atomic E-state index is 9.93. The normalized spacial score (nSPS) is 16.7. The molecule has 0 spiro atoms. The predicted octanol–water partition coefficient (Wildman–Crippen LogP) is 4.01. The molecule has 32 heavy (non-hydrogen) atoms. The Labute approximate surface area is 187 Å². The Bertz CT molecular complexity index is 1160. The van der Waals surface area contributed by atoms with Gasteiger partial charge in [-0.15, -0.1) is 0 Å². The molecule has 0 amide bonds. The summed E-state index contributed by atoms with van der Waals surface area (Å²) in [7, 11) is 0. The second kappa shape index (κ2) is 9.20. The van der Waals surface area contributed by atoms with Crippen LogP contribution in [0, 0.1) is 11.3 Å². The summed E-state index contributed by atoms with van der Waals surface area (Å²) >= 11 is 0. The number of nitriles is 1. The molecule has 3 aromatic rings.